The highest BCUT2D eigenvalue weighted by atomic mass is 32.1. The summed E-state index contributed by atoms with van der Waals surface area (Å²) in [6, 6.07) is 9.31. The van der Waals surface area contributed by atoms with Crippen LogP contribution in [0.3, 0.4) is 0 Å². The first-order chi connectivity index (χ1) is 15.7. The number of furan rings is 1. The molecule has 0 atom stereocenters. The second-order valence-corrected chi connectivity index (χ2v) is 7.65. The van der Waals surface area contributed by atoms with Gasteiger partial charge in [0.2, 0.25) is 11.8 Å². The first-order valence-corrected chi connectivity index (χ1v) is 10.5. The van der Waals surface area contributed by atoms with Crippen LogP contribution in [0.5, 0.6) is 11.5 Å². The molecule has 0 unspecified atom stereocenters. The van der Waals surface area contributed by atoms with E-state index in [0.29, 0.717) is 52.0 Å². The number of thiazole rings is 1. The molecule has 5 rings (SSSR count). The van der Waals surface area contributed by atoms with E-state index in [1.54, 1.807) is 43.3 Å². The molecule has 3 N–H and O–H groups in total. The Balaban J connectivity index is 1.53. The highest BCUT2D eigenvalue weighted by Gasteiger charge is 2.18. The van der Waals surface area contributed by atoms with Crippen LogP contribution in [0.15, 0.2) is 52.6 Å². The van der Waals surface area contributed by atoms with Gasteiger partial charge in [-0.3, -0.25) is 0 Å². The van der Waals surface area contributed by atoms with Crippen molar-refractivity contribution in [2.24, 2.45) is 0 Å². The van der Waals surface area contributed by atoms with E-state index in [2.05, 4.69) is 25.4 Å². The highest BCUT2D eigenvalue weighted by molar-refractivity contribution is 7.13. The van der Waals surface area contributed by atoms with Crippen LogP contribution in [0.1, 0.15) is 5.56 Å². The monoisotopic (exact) mass is 449 g/mol. The van der Waals surface area contributed by atoms with Crippen molar-refractivity contribution >= 4 is 28.1 Å². The molecule has 0 amide bonds. The van der Waals surface area contributed by atoms with Crippen molar-refractivity contribution in [2.45, 2.75) is 6.54 Å². The van der Waals surface area contributed by atoms with Gasteiger partial charge in [-0.1, -0.05) is 6.07 Å². The van der Waals surface area contributed by atoms with Gasteiger partial charge in [0.25, 0.3) is 0 Å². The second kappa shape index (κ2) is 8.19. The molecule has 0 aliphatic rings. The number of aromatic nitrogens is 5. The van der Waals surface area contributed by atoms with E-state index in [1.165, 1.54) is 11.3 Å². The van der Waals surface area contributed by atoms with E-state index in [9.17, 15) is 0 Å². The third-order valence-corrected chi connectivity index (χ3v) is 5.48. The lowest BCUT2D eigenvalue weighted by Gasteiger charge is -2.11. The highest BCUT2D eigenvalue weighted by Crippen LogP contribution is 2.30. The van der Waals surface area contributed by atoms with Gasteiger partial charge in [-0.2, -0.15) is 4.52 Å². The van der Waals surface area contributed by atoms with Crippen LogP contribution in [-0.2, 0) is 6.54 Å². The van der Waals surface area contributed by atoms with E-state index in [4.69, 9.17) is 19.6 Å². The maximum absolute atomic E-state index is 5.83. The van der Waals surface area contributed by atoms with Gasteiger partial charge in [-0.05, 0) is 29.8 Å². The summed E-state index contributed by atoms with van der Waals surface area (Å²) in [6.45, 7) is 0.487. The fourth-order valence-electron chi connectivity index (χ4n) is 3.27. The van der Waals surface area contributed by atoms with Crippen molar-refractivity contribution in [3.63, 3.8) is 0 Å². The van der Waals surface area contributed by atoms with E-state index >= 15 is 0 Å². The van der Waals surface area contributed by atoms with Gasteiger partial charge in [-0.15, -0.1) is 16.4 Å². The molecule has 4 heterocycles. The number of anilines is 2. The number of hydrogen-bond acceptors (Lipinski definition) is 10. The Morgan fingerprint density at radius 2 is 2.03 bits per heavy atom. The molecule has 0 fully saturated rings. The van der Waals surface area contributed by atoms with Crippen LogP contribution in [0, 0.1) is 0 Å². The van der Waals surface area contributed by atoms with Crippen molar-refractivity contribution in [1.29, 1.82) is 0 Å². The topological polar surface area (TPSA) is 126 Å². The normalized spacial score (nSPS) is 11.1. The van der Waals surface area contributed by atoms with E-state index in [-0.39, 0.29) is 0 Å². The van der Waals surface area contributed by atoms with Gasteiger partial charge in [0.05, 0.1) is 31.7 Å². The van der Waals surface area contributed by atoms with Gasteiger partial charge in [0.15, 0.2) is 28.0 Å². The number of hydrogen-bond donors (Lipinski definition) is 2. The molecule has 4 aromatic heterocycles. The number of benzene rings is 1. The Morgan fingerprint density at radius 3 is 2.75 bits per heavy atom. The fraction of sp³-hybridized carbons (Fsp3) is 0.143. The van der Waals surface area contributed by atoms with Crippen molar-refractivity contribution in [1.82, 2.24) is 24.6 Å². The zero-order valence-electron chi connectivity index (χ0n) is 17.3. The van der Waals surface area contributed by atoms with Crippen LogP contribution < -0.4 is 20.5 Å². The quantitative estimate of drug-likeness (QED) is 0.382. The van der Waals surface area contributed by atoms with Crippen molar-refractivity contribution < 1.29 is 13.9 Å². The molecule has 1 aromatic carbocycles. The smallest absolute Gasteiger partial charge is 0.226 e. The molecular weight excluding hydrogens is 430 g/mol. The predicted molar refractivity (Wildman–Crippen MR) is 121 cm³/mol. The van der Waals surface area contributed by atoms with Crippen LogP contribution in [0.2, 0.25) is 0 Å². The minimum Gasteiger partial charge on any atom is -0.493 e. The number of methoxy groups -OCH3 is 2. The number of ether oxygens (including phenoxy) is 2. The molecule has 0 saturated heterocycles. The van der Waals surface area contributed by atoms with Gasteiger partial charge < -0.3 is 24.9 Å². The Kier molecular flexibility index (Phi) is 5.07. The third kappa shape index (κ3) is 3.58. The average molecular weight is 449 g/mol. The molecule has 0 aliphatic carbocycles. The van der Waals surface area contributed by atoms with Crippen LogP contribution in [-0.4, -0.2) is 38.8 Å². The van der Waals surface area contributed by atoms with E-state index < -0.39 is 0 Å². The summed E-state index contributed by atoms with van der Waals surface area (Å²) in [4.78, 5) is 13.6. The van der Waals surface area contributed by atoms with Gasteiger partial charge >= 0.3 is 0 Å². The summed E-state index contributed by atoms with van der Waals surface area (Å²) in [7, 11) is 3.21. The number of nitrogen functional groups attached to an aromatic ring is 1. The lowest BCUT2D eigenvalue weighted by molar-refractivity contribution is 0.354. The number of rotatable bonds is 7. The summed E-state index contributed by atoms with van der Waals surface area (Å²) in [5.41, 5.74) is 8.81. The summed E-state index contributed by atoms with van der Waals surface area (Å²) in [5.74, 6) is 2.85. The molecule has 0 radical (unpaired) electrons. The Morgan fingerprint density at radius 1 is 1.16 bits per heavy atom. The molecule has 0 spiro atoms. The first-order valence-electron chi connectivity index (χ1n) is 9.62. The standard InChI is InChI=1S/C21H19N7O3S/c1-29-15-6-5-12(8-17(15)30-2)9-23-21-24-10-13(14-11-32-20(22)25-14)19-26-18(27-28(19)21)16-4-3-7-31-16/h3-8,10-11H,9H2,1-2H3,(H2,22,25)(H,23,24). The molecule has 0 bridgehead atoms. The molecule has 162 valence electrons. The van der Waals surface area contributed by atoms with Gasteiger partial charge in [0.1, 0.15) is 0 Å². The minimum atomic E-state index is 0.446. The molecule has 0 aliphatic heterocycles. The number of nitrogens with zero attached hydrogens (tertiary/aromatic N) is 5. The zero-order valence-corrected chi connectivity index (χ0v) is 18.1. The molecule has 11 heteroatoms. The number of fused-ring (bicyclic) bond motifs is 1. The number of nitrogens with one attached hydrogen (secondary N) is 1. The summed E-state index contributed by atoms with van der Waals surface area (Å²) >= 11 is 1.36. The van der Waals surface area contributed by atoms with Crippen molar-refractivity contribution in [3.05, 3.63) is 53.7 Å². The summed E-state index contributed by atoms with van der Waals surface area (Å²) in [6.07, 6.45) is 3.29. The molecule has 0 saturated carbocycles. The SMILES string of the molecule is COc1ccc(CNc2ncc(-c3csc(N)n3)c3nc(-c4ccco4)nn23)cc1OC. The molecule has 32 heavy (non-hydrogen) atoms. The van der Waals surface area contributed by atoms with Gasteiger partial charge in [-0.25, -0.2) is 15.0 Å². The van der Waals surface area contributed by atoms with Crippen molar-refractivity contribution in [2.75, 3.05) is 25.3 Å². The largest absolute Gasteiger partial charge is 0.493 e. The third-order valence-electron chi connectivity index (χ3n) is 4.80. The Hall–Kier alpha value is -4.12. The van der Waals surface area contributed by atoms with Crippen LogP contribution in [0.25, 0.3) is 28.5 Å². The predicted octanol–water partition coefficient (Wildman–Crippen LogP) is 3.72. The molecule has 5 aromatic rings. The first kappa shape index (κ1) is 19.8. The lowest BCUT2D eigenvalue weighted by Crippen LogP contribution is -2.08. The Labute approximate surface area is 186 Å². The molecule has 10 nitrogen and oxygen atoms in total. The van der Waals surface area contributed by atoms with E-state index in [0.717, 1.165) is 11.1 Å². The van der Waals surface area contributed by atoms with Crippen LogP contribution in [0.4, 0.5) is 11.1 Å². The maximum atomic E-state index is 5.83. The molecular formula is C21H19N7O3S. The van der Waals surface area contributed by atoms with Crippen LogP contribution >= 0.6 is 11.3 Å². The Bertz CT molecular complexity index is 1380. The zero-order chi connectivity index (χ0) is 22.1. The summed E-state index contributed by atoms with van der Waals surface area (Å²) < 4.78 is 17.8. The van der Waals surface area contributed by atoms with E-state index in [1.807, 2.05) is 23.6 Å². The minimum absolute atomic E-state index is 0.446. The maximum Gasteiger partial charge on any atom is 0.226 e. The number of nitrogens with two attached hydrogens (primary N) is 1. The average Bonchev–Trinajstić information content (AvgIpc) is 3.57. The van der Waals surface area contributed by atoms with Gasteiger partial charge in [0, 0.05) is 18.1 Å². The second-order valence-electron chi connectivity index (χ2n) is 6.76. The summed E-state index contributed by atoms with van der Waals surface area (Å²) in [5, 5.41) is 10.3. The lowest BCUT2D eigenvalue weighted by atomic mass is 10.2. The fourth-order valence-corrected chi connectivity index (χ4v) is 3.83. The van der Waals surface area contributed by atoms with Crippen molar-refractivity contribution in [3.8, 4) is 34.3 Å².